The number of benzene rings is 1. The van der Waals surface area contributed by atoms with E-state index in [-0.39, 0.29) is 31.5 Å². The minimum Gasteiger partial charge on any atom is -0.481 e. The van der Waals surface area contributed by atoms with E-state index in [2.05, 4.69) is 25.3 Å². The Hall–Kier alpha value is -2.91. The maximum atomic E-state index is 14.2. The van der Waals surface area contributed by atoms with Crippen molar-refractivity contribution in [3.05, 3.63) is 36.9 Å². The zero-order chi connectivity index (χ0) is 25.3. The highest BCUT2D eigenvalue weighted by atomic mass is 16.5. The number of carboxylic acids is 1. The summed E-state index contributed by atoms with van der Waals surface area (Å²) in [6.45, 7) is 9.96. The molecule has 2 amide bonds. The number of carbonyl (C=O) groups is 3. The van der Waals surface area contributed by atoms with Gasteiger partial charge >= 0.3 is 5.97 Å². The van der Waals surface area contributed by atoms with Gasteiger partial charge in [-0.05, 0) is 57.4 Å². The Kier molecular flexibility index (Phi) is 7.19. The Morgan fingerprint density at radius 2 is 1.89 bits per heavy atom. The summed E-state index contributed by atoms with van der Waals surface area (Å²) in [5, 5.41) is 19.3. The van der Waals surface area contributed by atoms with Crippen LogP contribution in [0.3, 0.4) is 0 Å². The van der Waals surface area contributed by atoms with Crippen LogP contribution in [0.25, 0.3) is 0 Å². The quantitative estimate of drug-likeness (QED) is 0.461. The molecule has 2 N–H and O–H groups in total. The molecule has 1 aromatic carbocycles. The van der Waals surface area contributed by atoms with E-state index in [0.29, 0.717) is 24.9 Å². The number of rotatable bonds is 11. The van der Waals surface area contributed by atoms with Gasteiger partial charge in [-0.25, -0.2) is 0 Å². The summed E-state index contributed by atoms with van der Waals surface area (Å²) in [6, 6.07) is 6.74. The van der Waals surface area contributed by atoms with Gasteiger partial charge in [-0.2, -0.15) is 0 Å². The van der Waals surface area contributed by atoms with Crippen molar-refractivity contribution in [3.63, 3.8) is 0 Å². The summed E-state index contributed by atoms with van der Waals surface area (Å²) in [4.78, 5) is 45.0. The van der Waals surface area contributed by atoms with Gasteiger partial charge in [-0.1, -0.05) is 6.08 Å². The zero-order valence-corrected chi connectivity index (χ0v) is 20.4. The van der Waals surface area contributed by atoms with E-state index in [1.165, 1.54) is 4.90 Å². The van der Waals surface area contributed by atoms with Gasteiger partial charge in [0.2, 0.25) is 5.91 Å². The molecule has 35 heavy (non-hydrogen) atoms. The Morgan fingerprint density at radius 1 is 1.23 bits per heavy atom. The first-order valence-electron chi connectivity index (χ1n) is 12.4. The van der Waals surface area contributed by atoms with Crippen LogP contribution in [0.15, 0.2) is 36.9 Å². The summed E-state index contributed by atoms with van der Waals surface area (Å²) in [5.74, 6) is -3.63. The molecule has 0 aromatic heterocycles. The molecule has 0 saturated carbocycles. The highest BCUT2D eigenvalue weighted by molar-refractivity contribution is 6.04. The number of fused-ring (bicyclic) bond motifs is 1. The van der Waals surface area contributed by atoms with Crippen LogP contribution in [0.2, 0.25) is 0 Å². The third-order valence-corrected chi connectivity index (χ3v) is 7.74. The summed E-state index contributed by atoms with van der Waals surface area (Å²) >= 11 is 0. The first kappa shape index (κ1) is 25.2. The van der Waals surface area contributed by atoms with Gasteiger partial charge in [0.1, 0.15) is 11.6 Å². The van der Waals surface area contributed by atoms with Crippen LogP contribution >= 0.6 is 0 Å². The predicted molar refractivity (Wildman–Crippen MR) is 131 cm³/mol. The van der Waals surface area contributed by atoms with E-state index in [1.807, 2.05) is 24.3 Å². The minimum atomic E-state index is -1.17. The van der Waals surface area contributed by atoms with E-state index in [9.17, 15) is 24.6 Å². The second-order valence-corrected chi connectivity index (χ2v) is 9.43. The molecule has 0 unspecified atom stereocenters. The third kappa shape index (κ3) is 4.00. The Bertz CT molecular complexity index is 978. The van der Waals surface area contributed by atoms with Crippen LogP contribution in [0.1, 0.15) is 33.1 Å². The van der Waals surface area contributed by atoms with Gasteiger partial charge < -0.3 is 29.6 Å². The number of hydrogen-bond acceptors (Lipinski definition) is 6. The molecule has 3 aliphatic heterocycles. The van der Waals surface area contributed by atoms with Gasteiger partial charge in [0.05, 0.1) is 17.9 Å². The lowest BCUT2D eigenvalue weighted by molar-refractivity contribution is -0.149. The zero-order valence-electron chi connectivity index (χ0n) is 20.4. The van der Waals surface area contributed by atoms with Gasteiger partial charge in [-0.15, -0.1) is 6.58 Å². The fourth-order valence-electron chi connectivity index (χ4n) is 6.23. The molecule has 3 fully saturated rings. The molecule has 190 valence electrons. The number of likely N-dealkylation sites (tertiary alicyclic amines) is 1. The Morgan fingerprint density at radius 3 is 2.46 bits per heavy atom. The molecule has 9 nitrogen and oxygen atoms in total. The minimum absolute atomic E-state index is 0.141. The van der Waals surface area contributed by atoms with E-state index in [1.54, 1.807) is 11.0 Å². The molecular formula is C26H35N3O6. The lowest BCUT2D eigenvalue weighted by Crippen LogP contribution is -2.56. The van der Waals surface area contributed by atoms with Crippen LogP contribution in [0.4, 0.5) is 11.4 Å². The topological polar surface area (TPSA) is 111 Å². The SMILES string of the molecule is C=CCN(C(=O)[C@H]1N(CCCO)C(=O)[C@@H]2[C@@H](C(=O)O)[C@H]3CC[C@]21O3)c1ccc(N(CC)CC)cc1. The maximum Gasteiger partial charge on any atom is 0.310 e. The number of aliphatic carboxylic acids is 1. The summed E-state index contributed by atoms with van der Waals surface area (Å²) in [5.41, 5.74) is 0.548. The summed E-state index contributed by atoms with van der Waals surface area (Å²) < 4.78 is 6.23. The number of hydrogen-bond donors (Lipinski definition) is 2. The molecule has 3 heterocycles. The lowest BCUT2D eigenvalue weighted by Gasteiger charge is -2.36. The van der Waals surface area contributed by atoms with Crippen molar-refractivity contribution in [1.82, 2.24) is 4.90 Å². The number of aliphatic hydroxyl groups is 1. The van der Waals surface area contributed by atoms with Crippen molar-refractivity contribution in [2.24, 2.45) is 11.8 Å². The number of carbonyl (C=O) groups excluding carboxylic acids is 2. The molecule has 2 bridgehead atoms. The van der Waals surface area contributed by atoms with E-state index in [4.69, 9.17) is 4.74 Å². The van der Waals surface area contributed by atoms with Crippen LogP contribution < -0.4 is 9.80 Å². The largest absolute Gasteiger partial charge is 0.481 e. The van der Waals surface area contributed by atoms with Gasteiger partial charge in [0.15, 0.2) is 0 Å². The molecular weight excluding hydrogens is 450 g/mol. The number of ether oxygens (including phenoxy) is 1. The van der Waals surface area contributed by atoms with Crippen LogP contribution in [-0.2, 0) is 19.1 Å². The number of aliphatic hydroxyl groups excluding tert-OH is 1. The molecule has 4 rings (SSSR count). The molecule has 0 radical (unpaired) electrons. The molecule has 1 aromatic rings. The monoisotopic (exact) mass is 485 g/mol. The highest BCUT2D eigenvalue weighted by Gasteiger charge is 2.74. The second-order valence-electron chi connectivity index (χ2n) is 9.43. The number of nitrogens with zero attached hydrogens (tertiary/aromatic N) is 3. The molecule has 1 spiro atoms. The molecule has 5 atom stereocenters. The van der Waals surface area contributed by atoms with Gasteiger partial charge in [0.25, 0.3) is 5.91 Å². The predicted octanol–water partition coefficient (Wildman–Crippen LogP) is 1.89. The second kappa shape index (κ2) is 9.99. The molecule has 9 heteroatoms. The third-order valence-electron chi connectivity index (χ3n) is 7.74. The fraction of sp³-hybridized carbons (Fsp3) is 0.577. The normalized spacial score (nSPS) is 28.8. The smallest absolute Gasteiger partial charge is 0.310 e. The first-order chi connectivity index (χ1) is 16.8. The van der Waals surface area contributed by atoms with Crippen LogP contribution in [-0.4, -0.2) is 83.4 Å². The van der Waals surface area contributed by atoms with Crippen molar-refractivity contribution in [2.45, 2.75) is 50.9 Å². The van der Waals surface area contributed by atoms with Gasteiger partial charge in [0, 0.05) is 44.2 Å². The Balaban J connectivity index is 1.71. The molecule has 0 aliphatic carbocycles. The lowest BCUT2D eigenvalue weighted by atomic mass is 9.70. The van der Waals surface area contributed by atoms with E-state index >= 15 is 0 Å². The molecule has 3 saturated heterocycles. The highest BCUT2D eigenvalue weighted by Crippen LogP contribution is 2.58. The standard InChI is InChI=1S/C26H35N3O6/c1-4-14-28(18-10-8-17(9-11-18)27(5-2)6-3)24(32)22-26-13-12-19(35-26)20(25(33)34)21(26)23(31)29(22)15-7-16-30/h4,8-11,19-22,30H,1,5-7,12-16H2,2-3H3,(H,33,34)/t19-,20+,21+,22-,26+/m1/s1. The van der Waals surface area contributed by atoms with E-state index in [0.717, 1.165) is 18.8 Å². The molecule has 3 aliphatic rings. The number of carboxylic acid groups (broad SMARTS) is 1. The van der Waals surface area contributed by atoms with Crippen molar-refractivity contribution in [1.29, 1.82) is 0 Å². The average Bonchev–Trinajstić information content (AvgIpc) is 3.49. The average molecular weight is 486 g/mol. The van der Waals surface area contributed by atoms with Crippen molar-refractivity contribution in [3.8, 4) is 0 Å². The Labute approximate surface area is 205 Å². The van der Waals surface area contributed by atoms with Crippen LogP contribution in [0.5, 0.6) is 0 Å². The van der Waals surface area contributed by atoms with Crippen LogP contribution in [0, 0.1) is 11.8 Å². The van der Waals surface area contributed by atoms with Gasteiger partial charge in [-0.3, -0.25) is 14.4 Å². The van der Waals surface area contributed by atoms with Crippen molar-refractivity contribution < 1.29 is 29.3 Å². The fourth-order valence-corrected chi connectivity index (χ4v) is 6.23. The first-order valence-corrected chi connectivity index (χ1v) is 12.4. The maximum absolute atomic E-state index is 14.2. The van der Waals surface area contributed by atoms with Crippen molar-refractivity contribution >= 4 is 29.2 Å². The van der Waals surface area contributed by atoms with Crippen molar-refractivity contribution in [2.75, 3.05) is 42.6 Å². The summed E-state index contributed by atoms with van der Waals surface area (Å²) in [7, 11) is 0. The summed E-state index contributed by atoms with van der Waals surface area (Å²) in [6.07, 6.45) is 2.30. The number of anilines is 2. The van der Waals surface area contributed by atoms with E-state index < -0.39 is 35.6 Å². The number of amides is 2.